The first-order chi connectivity index (χ1) is 9.62. The Kier molecular flexibility index (Phi) is 7.77. The van der Waals surface area contributed by atoms with Crippen LogP contribution in [-0.4, -0.2) is 51.9 Å². The Bertz CT molecular complexity index is 357. The van der Waals surface area contributed by atoms with Crippen LogP contribution >= 0.6 is 0 Å². The van der Waals surface area contributed by atoms with Crippen LogP contribution in [0.2, 0.25) is 0 Å². The number of aromatic nitrogens is 3. The SMILES string of the molecule is CCNC(CCN(CC)CC)Cc1ncnn1C(C)C. The third kappa shape index (κ3) is 5.21. The average molecular weight is 281 g/mol. The summed E-state index contributed by atoms with van der Waals surface area (Å²) in [4.78, 5) is 6.89. The molecule has 5 nitrogen and oxygen atoms in total. The molecule has 5 heteroatoms. The molecule has 0 fully saturated rings. The molecule has 0 radical (unpaired) electrons. The summed E-state index contributed by atoms with van der Waals surface area (Å²) >= 11 is 0. The van der Waals surface area contributed by atoms with E-state index in [4.69, 9.17) is 0 Å². The van der Waals surface area contributed by atoms with Crippen molar-refractivity contribution in [2.45, 2.75) is 59.5 Å². The van der Waals surface area contributed by atoms with Gasteiger partial charge in [0.15, 0.2) is 0 Å². The van der Waals surface area contributed by atoms with Gasteiger partial charge in [0, 0.05) is 18.5 Å². The quantitative estimate of drug-likeness (QED) is 0.713. The molecule has 0 saturated heterocycles. The summed E-state index contributed by atoms with van der Waals surface area (Å²) in [6.07, 6.45) is 3.77. The van der Waals surface area contributed by atoms with Crippen LogP contribution in [0, 0.1) is 0 Å². The van der Waals surface area contributed by atoms with Crippen molar-refractivity contribution >= 4 is 0 Å². The Morgan fingerprint density at radius 1 is 1.25 bits per heavy atom. The molecule has 1 atom stereocenters. The molecular weight excluding hydrogens is 250 g/mol. The lowest BCUT2D eigenvalue weighted by Gasteiger charge is -2.23. The minimum atomic E-state index is 0.373. The highest BCUT2D eigenvalue weighted by Gasteiger charge is 2.15. The van der Waals surface area contributed by atoms with E-state index in [1.807, 2.05) is 4.68 Å². The van der Waals surface area contributed by atoms with Gasteiger partial charge < -0.3 is 10.2 Å². The second-order valence-corrected chi connectivity index (χ2v) is 5.49. The molecule has 1 heterocycles. The fourth-order valence-electron chi connectivity index (χ4n) is 2.52. The summed E-state index contributed by atoms with van der Waals surface area (Å²) in [5.41, 5.74) is 0. The highest BCUT2D eigenvalue weighted by Crippen LogP contribution is 2.09. The summed E-state index contributed by atoms with van der Waals surface area (Å²) in [6, 6.07) is 0.847. The Morgan fingerprint density at radius 3 is 2.50 bits per heavy atom. The summed E-state index contributed by atoms with van der Waals surface area (Å²) in [5.74, 6) is 1.09. The molecule has 0 bridgehead atoms. The second-order valence-electron chi connectivity index (χ2n) is 5.49. The zero-order chi connectivity index (χ0) is 15.0. The monoisotopic (exact) mass is 281 g/mol. The molecule has 0 aliphatic carbocycles. The van der Waals surface area contributed by atoms with Crippen molar-refractivity contribution in [3.05, 3.63) is 12.2 Å². The van der Waals surface area contributed by atoms with Gasteiger partial charge in [-0.3, -0.25) is 0 Å². The molecule has 0 aliphatic heterocycles. The number of hydrogen-bond donors (Lipinski definition) is 1. The van der Waals surface area contributed by atoms with Crippen LogP contribution in [0.25, 0.3) is 0 Å². The van der Waals surface area contributed by atoms with Crippen molar-refractivity contribution in [1.82, 2.24) is 25.0 Å². The van der Waals surface area contributed by atoms with E-state index < -0.39 is 0 Å². The molecule has 0 aliphatic rings. The number of nitrogens with zero attached hydrogens (tertiary/aromatic N) is 4. The predicted molar refractivity (Wildman–Crippen MR) is 84.0 cm³/mol. The maximum atomic E-state index is 4.43. The molecule has 20 heavy (non-hydrogen) atoms. The van der Waals surface area contributed by atoms with Crippen molar-refractivity contribution in [2.75, 3.05) is 26.2 Å². The van der Waals surface area contributed by atoms with E-state index in [0.717, 1.165) is 44.8 Å². The summed E-state index contributed by atoms with van der Waals surface area (Å²) in [5, 5.41) is 7.91. The molecule has 1 aromatic heterocycles. The van der Waals surface area contributed by atoms with Gasteiger partial charge in [-0.1, -0.05) is 20.8 Å². The third-order valence-electron chi connectivity index (χ3n) is 3.75. The van der Waals surface area contributed by atoms with Gasteiger partial charge in [0.05, 0.1) is 0 Å². The van der Waals surface area contributed by atoms with Crippen LogP contribution in [0.3, 0.4) is 0 Å². The molecule has 1 aromatic rings. The Labute approximate surface area is 123 Å². The van der Waals surface area contributed by atoms with Gasteiger partial charge >= 0.3 is 0 Å². The van der Waals surface area contributed by atoms with Crippen molar-refractivity contribution in [3.63, 3.8) is 0 Å². The number of nitrogens with one attached hydrogen (secondary N) is 1. The molecule has 0 aromatic carbocycles. The molecule has 1 N–H and O–H groups in total. The first kappa shape index (κ1) is 17.1. The van der Waals surface area contributed by atoms with Gasteiger partial charge in [-0.2, -0.15) is 5.10 Å². The Morgan fingerprint density at radius 2 is 1.95 bits per heavy atom. The summed E-state index contributed by atoms with van der Waals surface area (Å²) in [7, 11) is 0. The number of hydrogen-bond acceptors (Lipinski definition) is 4. The molecule has 0 spiro atoms. The Hall–Kier alpha value is -0.940. The number of rotatable bonds is 10. The highest BCUT2D eigenvalue weighted by molar-refractivity contribution is 4.91. The van der Waals surface area contributed by atoms with E-state index >= 15 is 0 Å². The lowest BCUT2D eigenvalue weighted by atomic mass is 10.1. The molecule has 116 valence electrons. The first-order valence-corrected chi connectivity index (χ1v) is 7.96. The fraction of sp³-hybridized carbons (Fsp3) is 0.867. The van der Waals surface area contributed by atoms with E-state index in [1.54, 1.807) is 6.33 Å². The largest absolute Gasteiger partial charge is 0.314 e. The van der Waals surface area contributed by atoms with Crippen molar-refractivity contribution in [3.8, 4) is 0 Å². The van der Waals surface area contributed by atoms with Crippen LogP contribution in [0.4, 0.5) is 0 Å². The normalized spacial score (nSPS) is 13.3. The van der Waals surface area contributed by atoms with Gasteiger partial charge in [-0.15, -0.1) is 0 Å². The zero-order valence-electron chi connectivity index (χ0n) is 13.8. The van der Waals surface area contributed by atoms with Gasteiger partial charge in [0.1, 0.15) is 12.2 Å². The second kappa shape index (κ2) is 9.08. The van der Waals surface area contributed by atoms with Crippen molar-refractivity contribution in [2.24, 2.45) is 0 Å². The highest BCUT2D eigenvalue weighted by atomic mass is 15.3. The van der Waals surface area contributed by atoms with E-state index in [-0.39, 0.29) is 0 Å². The molecule has 1 unspecified atom stereocenters. The maximum Gasteiger partial charge on any atom is 0.138 e. The Balaban J connectivity index is 2.59. The van der Waals surface area contributed by atoms with E-state index in [9.17, 15) is 0 Å². The lowest BCUT2D eigenvalue weighted by molar-refractivity contribution is 0.279. The smallest absolute Gasteiger partial charge is 0.138 e. The third-order valence-corrected chi connectivity index (χ3v) is 3.75. The first-order valence-electron chi connectivity index (χ1n) is 7.96. The van der Waals surface area contributed by atoms with Gasteiger partial charge in [0.2, 0.25) is 0 Å². The van der Waals surface area contributed by atoms with Crippen molar-refractivity contribution < 1.29 is 0 Å². The van der Waals surface area contributed by atoms with Crippen LogP contribution < -0.4 is 5.32 Å². The van der Waals surface area contributed by atoms with Crippen LogP contribution in [-0.2, 0) is 6.42 Å². The van der Waals surface area contributed by atoms with Crippen LogP contribution in [0.1, 0.15) is 52.9 Å². The molecule has 0 saturated carbocycles. The average Bonchev–Trinajstić information content (AvgIpc) is 2.88. The van der Waals surface area contributed by atoms with Gasteiger partial charge in [-0.25, -0.2) is 9.67 Å². The van der Waals surface area contributed by atoms with Crippen molar-refractivity contribution in [1.29, 1.82) is 0 Å². The van der Waals surface area contributed by atoms with Crippen LogP contribution in [0.15, 0.2) is 6.33 Å². The topological polar surface area (TPSA) is 46.0 Å². The molecule has 0 amide bonds. The molecular formula is C15H31N5. The standard InChI is InChI=1S/C15H31N5/c1-6-16-14(9-10-19(7-2)8-3)11-15-17-12-18-20(15)13(4)5/h12-14,16H,6-11H2,1-5H3. The fourth-order valence-corrected chi connectivity index (χ4v) is 2.52. The summed E-state index contributed by atoms with van der Waals surface area (Å²) in [6.45, 7) is 15.3. The van der Waals surface area contributed by atoms with Gasteiger partial charge in [0.25, 0.3) is 0 Å². The summed E-state index contributed by atoms with van der Waals surface area (Å²) < 4.78 is 2.03. The van der Waals surface area contributed by atoms with E-state index in [1.165, 1.54) is 0 Å². The van der Waals surface area contributed by atoms with E-state index in [2.05, 4.69) is 54.9 Å². The van der Waals surface area contributed by atoms with Gasteiger partial charge in [-0.05, 0) is 46.4 Å². The van der Waals surface area contributed by atoms with E-state index in [0.29, 0.717) is 12.1 Å². The lowest BCUT2D eigenvalue weighted by Crippen LogP contribution is -2.36. The maximum absolute atomic E-state index is 4.43. The predicted octanol–water partition coefficient (Wildman–Crippen LogP) is 2.11. The minimum Gasteiger partial charge on any atom is -0.314 e. The zero-order valence-corrected chi connectivity index (χ0v) is 13.8. The minimum absolute atomic E-state index is 0.373. The van der Waals surface area contributed by atoms with Crippen LogP contribution in [0.5, 0.6) is 0 Å². The number of likely N-dealkylation sites (N-methyl/N-ethyl adjacent to an activating group) is 1. The molecule has 1 rings (SSSR count).